The van der Waals surface area contributed by atoms with E-state index in [4.69, 9.17) is 10.5 Å². The van der Waals surface area contributed by atoms with Crippen LogP contribution in [0.15, 0.2) is 66.7 Å². The summed E-state index contributed by atoms with van der Waals surface area (Å²) in [7, 11) is 0. The maximum absolute atomic E-state index is 13.3. The number of hydrogen-bond donors (Lipinski definition) is 2. The number of amides is 1. The third kappa shape index (κ3) is 4.28. The molecule has 30 heavy (non-hydrogen) atoms. The van der Waals surface area contributed by atoms with Crippen molar-refractivity contribution in [3.63, 3.8) is 0 Å². The highest BCUT2D eigenvalue weighted by Gasteiger charge is 2.28. The van der Waals surface area contributed by atoms with E-state index in [0.717, 1.165) is 0 Å². The predicted octanol–water partition coefficient (Wildman–Crippen LogP) is 4.69. The number of ether oxygens (including phenoxy) is 1. The molecule has 3 aromatic carbocycles. The van der Waals surface area contributed by atoms with E-state index in [2.05, 4.69) is 41.4 Å². The minimum Gasteiger partial charge on any atom is -0.449 e. The quantitative estimate of drug-likeness (QED) is 0.379. The first kappa shape index (κ1) is 19.5. The Balaban J connectivity index is 1.29. The fourth-order valence-electron chi connectivity index (χ4n) is 3.73. The summed E-state index contributed by atoms with van der Waals surface area (Å²) in [5.74, 6) is 5.34. The number of rotatable bonds is 4. The van der Waals surface area contributed by atoms with Gasteiger partial charge in [0.2, 0.25) is 0 Å². The SMILES string of the molecule is Nc1cc(F)cc(C#CCCNC(=O)OCC2c3ccccc3-c3ccccc32)c1. The second-order valence-electron chi connectivity index (χ2n) is 7.08. The molecule has 0 saturated heterocycles. The molecule has 0 heterocycles. The maximum Gasteiger partial charge on any atom is 0.407 e. The van der Waals surface area contributed by atoms with Crippen LogP contribution in [0.1, 0.15) is 29.0 Å². The normalized spacial score (nSPS) is 11.8. The Morgan fingerprint density at radius 2 is 1.70 bits per heavy atom. The summed E-state index contributed by atoms with van der Waals surface area (Å²) in [6.07, 6.45) is -0.0608. The number of nitrogens with two attached hydrogens (primary N) is 1. The van der Waals surface area contributed by atoms with Crippen LogP contribution in [-0.4, -0.2) is 19.2 Å². The van der Waals surface area contributed by atoms with E-state index in [0.29, 0.717) is 24.2 Å². The predicted molar refractivity (Wildman–Crippen MR) is 115 cm³/mol. The molecule has 4 nitrogen and oxygen atoms in total. The third-order valence-electron chi connectivity index (χ3n) is 5.02. The van der Waals surface area contributed by atoms with Crippen molar-refractivity contribution in [2.24, 2.45) is 0 Å². The Morgan fingerprint density at radius 1 is 1.03 bits per heavy atom. The zero-order chi connectivity index (χ0) is 20.9. The van der Waals surface area contributed by atoms with Gasteiger partial charge < -0.3 is 15.8 Å². The van der Waals surface area contributed by atoms with Gasteiger partial charge in [-0.2, -0.15) is 0 Å². The van der Waals surface area contributed by atoms with Gasteiger partial charge in [0, 0.05) is 30.1 Å². The van der Waals surface area contributed by atoms with Crippen LogP contribution in [-0.2, 0) is 4.74 Å². The molecule has 0 spiro atoms. The highest BCUT2D eigenvalue weighted by atomic mass is 19.1. The maximum atomic E-state index is 13.3. The summed E-state index contributed by atoms with van der Waals surface area (Å²) in [5.41, 5.74) is 11.2. The lowest BCUT2D eigenvalue weighted by Crippen LogP contribution is -2.26. The highest BCUT2D eigenvalue weighted by molar-refractivity contribution is 5.79. The van der Waals surface area contributed by atoms with Crippen molar-refractivity contribution in [2.75, 3.05) is 18.9 Å². The van der Waals surface area contributed by atoms with E-state index in [1.54, 1.807) is 6.07 Å². The smallest absolute Gasteiger partial charge is 0.407 e. The van der Waals surface area contributed by atoms with Crippen molar-refractivity contribution >= 4 is 11.8 Å². The average molecular weight is 400 g/mol. The standard InChI is InChI=1S/C25H21FN2O2/c26-18-13-17(14-19(27)15-18)7-5-6-12-28-25(29)30-16-24-22-10-3-1-8-20(22)21-9-2-4-11-23(21)24/h1-4,8-11,13-15,24H,6,12,16,27H2,(H,28,29). The molecule has 0 bridgehead atoms. The van der Waals surface area contributed by atoms with Crippen molar-refractivity contribution in [1.82, 2.24) is 5.32 Å². The summed E-state index contributed by atoms with van der Waals surface area (Å²) < 4.78 is 18.8. The molecular weight excluding hydrogens is 379 g/mol. The zero-order valence-corrected chi connectivity index (χ0v) is 16.3. The fourth-order valence-corrected chi connectivity index (χ4v) is 3.73. The van der Waals surface area contributed by atoms with Crippen LogP contribution in [0.5, 0.6) is 0 Å². The van der Waals surface area contributed by atoms with Crippen LogP contribution in [0.25, 0.3) is 11.1 Å². The van der Waals surface area contributed by atoms with E-state index in [-0.39, 0.29) is 12.5 Å². The van der Waals surface area contributed by atoms with E-state index in [9.17, 15) is 9.18 Å². The van der Waals surface area contributed by atoms with Gasteiger partial charge in [-0.15, -0.1) is 0 Å². The molecule has 150 valence electrons. The van der Waals surface area contributed by atoms with Crippen molar-refractivity contribution in [2.45, 2.75) is 12.3 Å². The number of carbonyl (C=O) groups is 1. The number of carbonyl (C=O) groups excluding carboxylic acids is 1. The Kier molecular flexibility index (Phi) is 5.67. The van der Waals surface area contributed by atoms with Crippen molar-refractivity contribution in [3.8, 4) is 23.0 Å². The Labute approximate surface area is 174 Å². The van der Waals surface area contributed by atoms with Crippen molar-refractivity contribution in [1.29, 1.82) is 0 Å². The summed E-state index contributed by atoms with van der Waals surface area (Å²) in [4.78, 5) is 12.1. The first-order valence-electron chi connectivity index (χ1n) is 9.75. The first-order chi connectivity index (χ1) is 14.6. The molecule has 0 atom stereocenters. The Hall–Kier alpha value is -3.78. The van der Waals surface area contributed by atoms with Gasteiger partial charge in [-0.25, -0.2) is 9.18 Å². The number of nitrogen functional groups attached to an aromatic ring is 1. The lowest BCUT2D eigenvalue weighted by molar-refractivity contribution is 0.143. The number of anilines is 1. The number of alkyl carbamates (subject to hydrolysis) is 1. The summed E-state index contributed by atoms with van der Waals surface area (Å²) >= 11 is 0. The zero-order valence-electron chi connectivity index (χ0n) is 16.3. The van der Waals surface area contributed by atoms with E-state index in [1.165, 1.54) is 34.4 Å². The van der Waals surface area contributed by atoms with Gasteiger partial charge in [-0.3, -0.25) is 0 Å². The third-order valence-corrected chi connectivity index (χ3v) is 5.02. The largest absolute Gasteiger partial charge is 0.449 e. The topological polar surface area (TPSA) is 64.3 Å². The Morgan fingerprint density at radius 3 is 2.37 bits per heavy atom. The molecule has 4 rings (SSSR count). The van der Waals surface area contributed by atoms with Crippen LogP contribution in [0, 0.1) is 17.7 Å². The Bertz CT molecular complexity index is 1080. The number of halogens is 1. The fraction of sp³-hybridized carbons (Fsp3) is 0.160. The van der Waals surface area contributed by atoms with Crippen LogP contribution < -0.4 is 11.1 Å². The molecule has 0 radical (unpaired) electrons. The number of hydrogen-bond acceptors (Lipinski definition) is 3. The van der Waals surface area contributed by atoms with Gasteiger partial charge in [0.05, 0.1) is 0 Å². The first-order valence-corrected chi connectivity index (χ1v) is 9.75. The average Bonchev–Trinajstić information content (AvgIpc) is 3.05. The van der Waals surface area contributed by atoms with Crippen LogP contribution in [0.2, 0.25) is 0 Å². The van der Waals surface area contributed by atoms with Crippen molar-refractivity contribution < 1.29 is 13.9 Å². The lowest BCUT2D eigenvalue weighted by Gasteiger charge is -2.14. The summed E-state index contributed by atoms with van der Waals surface area (Å²) in [5, 5.41) is 2.70. The monoisotopic (exact) mass is 400 g/mol. The van der Waals surface area contributed by atoms with Crippen LogP contribution in [0.3, 0.4) is 0 Å². The second-order valence-corrected chi connectivity index (χ2v) is 7.08. The molecule has 5 heteroatoms. The molecule has 3 aromatic rings. The van der Waals surface area contributed by atoms with E-state index < -0.39 is 11.9 Å². The van der Waals surface area contributed by atoms with Crippen LogP contribution >= 0.6 is 0 Å². The molecular formula is C25H21FN2O2. The molecule has 0 fully saturated rings. The number of nitrogens with one attached hydrogen (secondary N) is 1. The molecule has 1 amide bonds. The van der Waals surface area contributed by atoms with E-state index >= 15 is 0 Å². The molecule has 0 unspecified atom stereocenters. The molecule has 0 aromatic heterocycles. The summed E-state index contributed by atoms with van der Waals surface area (Å²) in [6.45, 7) is 0.614. The molecule has 0 aliphatic heterocycles. The molecule has 1 aliphatic rings. The molecule has 1 aliphatic carbocycles. The summed E-state index contributed by atoms with van der Waals surface area (Å²) in [6, 6.07) is 20.6. The van der Waals surface area contributed by atoms with Gasteiger partial charge in [0.1, 0.15) is 12.4 Å². The molecule has 3 N–H and O–H groups in total. The highest BCUT2D eigenvalue weighted by Crippen LogP contribution is 2.44. The van der Waals surface area contributed by atoms with Crippen LogP contribution in [0.4, 0.5) is 14.9 Å². The van der Waals surface area contributed by atoms with Crippen molar-refractivity contribution in [3.05, 3.63) is 89.2 Å². The lowest BCUT2D eigenvalue weighted by atomic mass is 9.98. The van der Waals surface area contributed by atoms with Gasteiger partial charge >= 0.3 is 6.09 Å². The second kappa shape index (κ2) is 8.71. The van der Waals surface area contributed by atoms with Gasteiger partial charge in [0.25, 0.3) is 0 Å². The molecule has 0 saturated carbocycles. The minimum atomic E-state index is -0.478. The van der Waals surface area contributed by atoms with Gasteiger partial charge in [-0.05, 0) is 40.5 Å². The van der Waals surface area contributed by atoms with Gasteiger partial charge in [-0.1, -0.05) is 60.4 Å². The number of benzene rings is 3. The minimum absolute atomic E-state index is 0.0291. The van der Waals surface area contributed by atoms with E-state index in [1.807, 2.05) is 24.3 Å². The number of fused-ring (bicyclic) bond motifs is 3. The van der Waals surface area contributed by atoms with Gasteiger partial charge in [0.15, 0.2) is 0 Å².